The molecule has 0 saturated heterocycles. The topological polar surface area (TPSA) is 76.1 Å². The minimum absolute atomic E-state index is 0.253. The highest BCUT2D eigenvalue weighted by Crippen LogP contribution is 2.10. The zero-order chi connectivity index (χ0) is 15.8. The van der Waals surface area contributed by atoms with Crippen LogP contribution in [0.1, 0.15) is 22.6 Å². The van der Waals surface area contributed by atoms with E-state index in [0.29, 0.717) is 24.8 Å². The second-order valence-corrected chi connectivity index (χ2v) is 4.81. The average molecular weight is 300 g/mol. The molecule has 0 spiro atoms. The van der Waals surface area contributed by atoms with Gasteiger partial charge in [-0.05, 0) is 31.5 Å². The number of carbonyl (C=O) groups excluding carboxylic acids is 1. The number of ether oxygens (including phenoxy) is 1. The van der Waals surface area contributed by atoms with Crippen molar-refractivity contribution in [3.05, 3.63) is 47.8 Å². The maximum atomic E-state index is 12.2. The second-order valence-electron chi connectivity index (χ2n) is 4.81. The minimum Gasteiger partial charge on any atom is -0.385 e. The van der Waals surface area contributed by atoms with E-state index in [1.165, 1.54) is 0 Å². The second kappa shape index (κ2) is 8.09. The number of rotatable bonds is 7. The van der Waals surface area contributed by atoms with E-state index in [-0.39, 0.29) is 5.91 Å². The first-order chi connectivity index (χ1) is 10.7. The summed E-state index contributed by atoms with van der Waals surface area (Å²) in [5, 5.41) is 5.91. The van der Waals surface area contributed by atoms with Gasteiger partial charge in [-0.2, -0.15) is 0 Å². The molecule has 6 heteroatoms. The SMILES string of the molecule is COCCCNc1nc(C)cc(C(=O)Nc2ccccc2)n1. The van der Waals surface area contributed by atoms with Gasteiger partial charge in [0.2, 0.25) is 5.95 Å². The van der Waals surface area contributed by atoms with E-state index in [4.69, 9.17) is 4.74 Å². The highest BCUT2D eigenvalue weighted by Gasteiger charge is 2.10. The van der Waals surface area contributed by atoms with Crippen LogP contribution in [-0.4, -0.2) is 36.1 Å². The van der Waals surface area contributed by atoms with Gasteiger partial charge >= 0.3 is 0 Å². The lowest BCUT2D eigenvalue weighted by atomic mass is 10.3. The van der Waals surface area contributed by atoms with Crippen molar-refractivity contribution in [2.45, 2.75) is 13.3 Å². The van der Waals surface area contributed by atoms with Crippen LogP contribution >= 0.6 is 0 Å². The first-order valence-electron chi connectivity index (χ1n) is 7.14. The predicted octanol–water partition coefficient (Wildman–Crippen LogP) is 2.49. The summed E-state index contributed by atoms with van der Waals surface area (Å²) in [6.07, 6.45) is 0.847. The number of hydrogen-bond acceptors (Lipinski definition) is 5. The van der Waals surface area contributed by atoms with Crippen LogP contribution in [0.2, 0.25) is 0 Å². The molecule has 1 aromatic heterocycles. The summed E-state index contributed by atoms with van der Waals surface area (Å²) in [5.41, 5.74) is 1.81. The molecule has 2 rings (SSSR count). The number of methoxy groups -OCH3 is 1. The van der Waals surface area contributed by atoms with E-state index in [9.17, 15) is 4.79 Å². The molecule has 0 aliphatic rings. The van der Waals surface area contributed by atoms with E-state index < -0.39 is 0 Å². The van der Waals surface area contributed by atoms with Gasteiger partial charge in [-0.15, -0.1) is 0 Å². The molecule has 1 amide bonds. The molecule has 0 fully saturated rings. The molecule has 2 aromatic rings. The van der Waals surface area contributed by atoms with Crippen LogP contribution < -0.4 is 10.6 Å². The Morgan fingerprint density at radius 2 is 2.00 bits per heavy atom. The number of aromatic nitrogens is 2. The fourth-order valence-corrected chi connectivity index (χ4v) is 1.90. The number of nitrogens with zero attached hydrogens (tertiary/aromatic N) is 2. The van der Waals surface area contributed by atoms with Gasteiger partial charge in [0.1, 0.15) is 5.69 Å². The number of nitrogens with one attached hydrogen (secondary N) is 2. The maximum absolute atomic E-state index is 12.2. The number of amides is 1. The first-order valence-corrected chi connectivity index (χ1v) is 7.14. The Hall–Kier alpha value is -2.47. The summed E-state index contributed by atoms with van der Waals surface area (Å²) in [6, 6.07) is 10.9. The number of anilines is 2. The highest BCUT2D eigenvalue weighted by atomic mass is 16.5. The van der Waals surface area contributed by atoms with Crippen molar-refractivity contribution in [2.24, 2.45) is 0 Å². The van der Waals surface area contributed by atoms with Gasteiger partial charge in [0.05, 0.1) is 0 Å². The van der Waals surface area contributed by atoms with Crippen LogP contribution in [0.15, 0.2) is 36.4 Å². The van der Waals surface area contributed by atoms with Gasteiger partial charge < -0.3 is 15.4 Å². The summed E-state index contributed by atoms with van der Waals surface area (Å²) < 4.78 is 4.99. The zero-order valence-corrected chi connectivity index (χ0v) is 12.8. The van der Waals surface area contributed by atoms with E-state index >= 15 is 0 Å². The summed E-state index contributed by atoms with van der Waals surface area (Å²) in [6.45, 7) is 3.19. The Morgan fingerprint density at radius 1 is 1.23 bits per heavy atom. The molecule has 0 atom stereocenters. The number of para-hydroxylation sites is 1. The molecule has 2 N–H and O–H groups in total. The molecule has 116 valence electrons. The third-order valence-electron chi connectivity index (χ3n) is 2.93. The Morgan fingerprint density at radius 3 is 2.73 bits per heavy atom. The zero-order valence-electron chi connectivity index (χ0n) is 12.8. The molecule has 1 heterocycles. The summed E-state index contributed by atoms with van der Waals surface area (Å²) in [7, 11) is 1.66. The minimum atomic E-state index is -0.253. The van der Waals surface area contributed by atoms with Crippen LogP contribution in [0.5, 0.6) is 0 Å². The normalized spacial score (nSPS) is 10.3. The van der Waals surface area contributed by atoms with Crippen molar-refractivity contribution in [3.63, 3.8) is 0 Å². The molecule has 0 unspecified atom stereocenters. The van der Waals surface area contributed by atoms with Gasteiger partial charge in [0.15, 0.2) is 0 Å². The Bertz CT molecular complexity index is 617. The maximum Gasteiger partial charge on any atom is 0.274 e. The predicted molar refractivity (Wildman–Crippen MR) is 86.1 cm³/mol. The van der Waals surface area contributed by atoms with Crippen molar-refractivity contribution >= 4 is 17.5 Å². The average Bonchev–Trinajstić information content (AvgIpc) is 2.52. The molecule has 0 bridgehead atoms. The van der Waals surface area contributed by atoms with Gasteiger partial charge in [-0.1, -0.05) is 18.2 Å². The molecule has 6 nitrogen and oxygen atoms in total. The Kier molecular flexibility index (Phi) is 5.85. The number of benzene rings is 1. The van der Waals surface area contributed by atoms with Gasteiger partial charge in [-0.25, -0.2) is 9.97 Å². The van der Waals surface area contributed by atoms with E-state index in [2.05, 4.69) is 20.6 Å². The van der Waals surface area contributed by atoms with Gasteiger partial charge in [0.25, 0.3) is 5.91 Å². The number of aryl methyl sites for hydroxylation is 1. The molecule has 1 aromatic carbocycles. The van der Waals surface area contributed by atoms with Crippen LogP contribution in [0.3, 0.4) is 0 Å². The standard InChI is InChI=1S/C16H20N4O2/c1-12-11-14(15(21)19-13-7-4-3-5-8-13)20-16(18-12)17-9-6-10-22-2/h3-5,7-8,11H,6,9-10H2,1-2H3,(H,19,21)(H,17,18,20). The number of carbonyl (C=O) groups is 1. The van der Waals surface area contributed by atoms with Gasteiger partial charge in [-0.3, -0.25) is 4.79 Å². The fourth-order valence-electron chi connectivity index (χ4n) is 1.90. The van der Waals surface area contributed by atoms with Crippen LogP contribution in [-0.2, 0) is 4.74 Å². The van der Waals surface area contributed by atoms with Crippen molar-refractivity contribution in [1.29, 1.82) is 0 Å². The molecule has 22 heavy (non-hydrogen) atoms. The van der Waals surface area contributed by atoms with E-state index in [0.717, 1.165) is 17.8 Å². The summed E-state index contributed by atoms with van der Waals surface area (Å²) >= 11 is 0. The largest absolute Gasteiger partial charge is 0.385 e. The summed E-state index contributed by atoms with van der Waals surface area (Å²) in [4.78, 5) is 20.8. The Labute approximate surface area is 129 Å². The van der Waals surface area contributed by atoms with Crippen molar-refractivity contribution in [3.8, 4) is 0 Å². The van der Waals surface area contributed by atoms with Crippen LogP contribution in [0, 0.1) is 6.92 Å². The van der Waals surface area contributed by atoms with E-state index in [1.54, 1.807) is 13.2 Å². The van der Waals surface area contributed by atoms with Crippen molar-refractivity contribution in [2.75, 3.05) is 30.9 Å². The molecular formula is C16H20N4O2. The third kappa shape index (κ3) is 4.82. The first kappa shape index (κ1) is 15.9. The Balaban J connectivity index is 2.03. The van der Waals surface area contributed by atoms with Crippen LogP contribution in [0.25, 0.3) is 0 Å². The molecule has 0 saturated carbocycles. The number of hydrogen-bond donors (Lipinski definition) is 2. The van der Waals surface area contributed by atoms with Crippen molar-refractivity contribution < 1.29 is 9.53 Å². The molecular weight excluding hydrogens is 280 g/mol. The van der Waals surface area contributed by atoms with Crippen LogP contribution in [0.4, 0.5) is 11.6 Å². The fraction of sp³-hybridized carbons (Fsp3) is 0.312. The van der Waals surface area contributed by atoms with Gasteiger partial charge in [0, 0.05) is 31.6 Å². The molecule has 0 aliphatic carbocycles. The smallest absolute Gasteiger partial charge is 0.274 e. The quantitative estimate of drug-likeness (QED) is 0.768. The lowest BCUT2D eigenvalue weighted by molar-refractivity contribution is 0.102. The lowest BCUT2D eigenvalue weighted by Crippen LogP contribution is -2.16. The summed E-state index contributed by atoms with van der Waals surface area (Å²) in [5.74, 6) is 0.200. The van der Waals surface area contributed by atoms with E-state index in [1.807, 2.05) is 37.3 Å². The third-order valence-corrected chi connectivity index (χ3v) is 2.93. The lowest BCUT2D eigenvalue weighted by Gasteiger charge is -2.08. The highest BCUT2D eigenvalue weighted by molar-refractivity contribution is 6.03. The molecule has 0 aliphatic heterocycles. The monoisotopic (exact) mass is 300 g/mol. The van der Waals surface area contributed by atoms with Crippen molar-refractivity contribution in [1.82, 2.24) is 9.97 Å². The molecule has 0 radical (unpaired) electrons.